The first-order valence-corrected chi connectivity index (χ1v) is 8.03. The van der Waals surface area contributed by atoms with Gasteiger partial charge in [0.25, 0.3) is 5.91 Å². The van der Waals surface area contributed by atoms with Crippen LogP contribution in [0.1, 0.15) is 39.0 Å². The lowest BCUT2D eigenvalue weighted by Crippen LogP contribution is -2.22. The van der Waals surface area contributed by atoms with E-state index in [-0.39, 0.29) is 5.91 Å². The van der Waals surface area contributed by atoms with Crippen LogP contribution in [0.4, 0.5) is 0 Å². The summed E-state index contributed by atoms with van der Waals surface area (Å²) in [6.45, 7) is 5.44. The largest absolute Gasteiger partial charge is 0.467 e. The van der Waals surface area contributed by atoms with Crippen molar-refractivity contribution in [3.05, 3.63) is 39.7 Å². The molecule has 0 spiro atoms. The first kappa shape index (κ1) is 14.3. The Morgan fingerprint density at radius 2 is 2.29 bits per heavy atom. The molecule has 21 heavy (non-hydrogen) atoms. The Morgan fingerprint density at radius 1 is 1.48 bits per heavy atom. The third-order valence-electron chi connectivity index (χ3n) is 3.61. The quantitative estimate of drug-likeness (QED) is 0.922. The van der Waals surface area contributed by atoms with Crippen molar-refractivity contribution < 1.29 is 9.21 Å². The molecule has 0 atom stereocenters. The van der Waals surface area contributed by atoms with Gasteiger partial charge in [0.15, 0.2) is 0 Å². The third-order valence-corrected chi connectivity index (χ3v) is 4.75. The van der Waals surface area contributed by atoms with Gasteiger partial charge in [0, 0.05) is 0 Å². The van der Waals surface area contributed by atoms with Crippen molar-refractivity contribution in [2.24, 2.45) is 0 Å². The molecule has 0 bridgehead atoms. The molecule has 0 saturated carbocycles. The zero-order valence-corrected chi connectivity index (χ0v) is 12.9. The number of thiazole rings is 1. The molecule has 1 N–H and O–H groups in total. The Balaban J connectivity index is 1.61. The topological polar surface area (TPSA) is 58.4 Å². The van der Waals surface area contributed by atoms with Crippen LogP contribution < -0.4 is 5.32 Å². The van der Waals surface area contributed by atoms with Crippen LogP contribution in [-0.4, -0.2) is 28.9 Å². The summed E-state index contributed by atoms with van der Waals surface area (Å²) in [6, 6.07) is 3.66. The molecule has 0 unspecified atom stereocenters. The molecule has 3 rings (SSSR count). The number of amides is 1. The van der Waals surface area contributed by atoms with E-state index in [2.05, 4.69) is 15.2 Å². The van der Waals surface area contributed by atoms with Gasteiger partial charge in [-0.1, -0.05) is 0 Å². The van der Waals surface area contributed by atoms with Crippen molar-refractivity contribution >= 4 is 17.2 Å². The third kappa shape index (κ3) is 3.51. The molecule has 2 aromatic heterocycles. The van der Waals surface area contributed by atoms with Gasteiger partial charge in [0.2, 0.25) is 0 Å². The van der Waals surface area contributed by atoms with Crippen LogP contribution in [0.3, 0.4) is 0 Å². The average Bonchev–Trinajstić information content (AvgIpc) is 3.18. The number of hydrogen-bond acceptors (Lipinski definition) is 5. The van der Waals surface area contributed by atoms with Crippen LogP contribution in [0.2, 0.25) is 0 Å². The molecule has 112 valence electrons. The lowest BCUT2D eigenvalue weighted by Gasteiger charge is -2.11. The van der Waals surface area contributed by atoms with Gasteiger partial charge in [0.1, 0.15) is 15.6 Å². The first-order valence-electron chi connectivity index (χ1n) is 7.21. The van der Waals surface area contributed by atoms with Crippen LogP contribution in [-0.2, 0) is 13.1 Å². The summed E-state index contributed by atoms with van der Waals surface area (Å²) in [5.74, 6) is 0.678. The lowest BCUT2D eigenvalue weighted by atomic mass is 10.3. The van der Waals surface area contributed by atoms with Gasteiger partial charge in [0.05, 0.1) is 25.0 Å². The fourth-order valence-corrected chi connectivity index (χ4v) is 3.55. The van der Waals surface area contributed by atoms with E-state index in [0.717, 1.165) is 36.1 Å². The summed E-state index contributed by atoms with van der Waals surface area (Å²) in [4.78, 5) is 19.8. The average molecular weight is 305 g/mol. The van der Waals surface area contributed by atoms with Crippen LogP contribution in [0, 0.1) is 6.92 Å². The number of rotatable bonds is 5. The van der Waals surface area contributed by atoms with Crippen molar-refractivity contribution in [1.82, 2.24) is 15.2 Å². The van der Waals surface area contributed by atoms with E-state index in [9.17, 15) is 4.79 Å². The van der Waals surface area contributed by atoms with E-state index in [4.69, 9.17) is 4.42 Å². The highest BCUT2D eigenvalue weighted by Gasteiger charge is 2.18. The maximum atomic E-state index is 12.2. The molecule has 1 aliphatic rings. The molecule has 3 heterocycles. The minimum Gasteiger partial charge on any atom is -0.467 e. The summed E-state index contributed by atoms with van der Waals surface area (Å²) in [6.07, 6.45) is 4.13. The van der Waals surface area contributed by atoms with E-state index in [1.165, 1.54) is 24.2 Å². The monoisotopic (exact) mass is 305 g/mol. The van der Waals surface area contributed by atoms with Gasteiger partial charge >= 0.3 is 0 Å². The van der Waals surface area contributed by atoms with Crippen molar-refractivity contribution in [1.29, 1.82) is 0 Å². The van der Waals surface area contributed by atoms with Gasteiger partial charge in [-0.25, -0.2) is 4.98 Å². The zero-order chi connectivity index (χ0) is 14.7. The SMILES string of the molecule is Cc1nc(CN2CCCC2)sc1C(=O)NCc1ccco1. The highest BCUT2D eigenvalue weighted by Crippen LogP contribution is 2.21. The molecule has 1 saturated heterocycles. The molecule has 0 aromatic carbocycles. The number of aromatic nitrogens is 1. The fourth-order valence-electron chi connectivity index (χ4n) is 2.52. The number of aryl methyl sites for hydroxylation is 1. The second-order valence-corrected chi connectivity index (χ2v) is 6.35. The Hall–Kier alpha value is -1.66. The highest BCUT2D eigenvalue weighted by molar-refractivity contribution is 7.13. The molecule has 1 aliphatic heterocycles. The van der Waals surface area contributed by atoms with Crippen LogP contribution in [0.15, 0.2) is 22.8 Å². The van der Waals surface area contributed by atoms with Crippen LogP contribution in [0.25, 0.3) is 0 Å². The molecule has 6 heteroatoms. The lowest BCUT2D eigenvalue weighted by molar-refractivity contribution is 0.0951. The Labute approximate surface area is 128 Å². The van der Waals surface area contributed by atoms with Crippen molar-refractivity contribution in [3.63, 3.8) is 0 Å². The molecular formula is C15H19N3O2S. The predicted molar refractivity (Wildman–Crippen MR) is 81.2 cm³/mol. The smallest absolute Gasteiger partial charge is 0.263 e. The van der Waals surface area contributed by atoms with E-state index < -0.39 is 0 Å². The molecular weight excluding hydrogens is 286 g/mol. The predicted octanol–water partition coefficient (Wildman–Crippen LogP) is 2.57. The standard InChI is InChI=1S/C15H19N3O2S/c1-11-14(15(19)16-9-12-5-4-8-20-12)21-13(17-11)10-18-6-2-3-7-18/h4-5,8H,2-3,6-7,9-10H2,1H3,(H,16,19). The molecule has 0 aliphatic carbocycles. The number of hydrogen-bond donors (Lipinski definition) is 1. The van der Waals surface area contributed by atoms with Crippen molar-refractivity contribution in [2.75, 3.05) is 13.1 Å². The number of carbonyl (C=O) groups excluding carboxylic acids is 1. The van der Waals surface area contributed by atoms with Gasteiger partial charge in [-0.05, 0) is 45.0 Å². The van der Waals surface area contributed by atoms with Crippen LogP contribution >= 0.6 is 11.3 Å². The minimum atomic E-state index is -0.0749. The normalized spacial score (nSPS) is 15.5. The molecule has 2 aromatic rings. The Kier molecular flexibility index (Phi) is 4.36. The number of nitrogens with zero attached hydrogens (tertiary/aromatic N) is 2. The van der Waals surface area contributed by atoms with Gasteiger partial charge in [-0.15, -0.1) is 11.3 Å². The summed E-state index contributed by atoms with van der Waals surface area (Å²) >= 11 is 1.50. The molecule has 0 radical (unpaired) electrons. The van der Waals surface area contributed by atoms with Gasteiger partial charge in [-0.3, -0.25) is 9.69 Å². The van der Waals surface area contributed by atoms with E-state index in [1.807, 2.05) is 19.1 Å². The Bertz CT molecular complexity index is 600. The summed E-state index contributed by atoms with van der Waals surface area (Å²) in [5, 5.41) is 3.90. The molecule has 1 fully saturated rings. The fraction of sp³-hybridized carbons (Fsp3) is 0.467. The molecule has 1 amide bonds. The maximum Gasteiger partial charge on any atom is 0.263 e. The zero-order valence-electron chi connectivity index (χ0n) is 12.1. The van der Waals surface area contributed by atoms with Crippen LogP contribution in [0.5, 0.6) is 0 Å². The van der Waals surface area contributed by atoms with Crippen molar-refractivity contribution in [2.45, 2.75) is 32.9 Å². The van der Waals surface area contributed by atoms with E-state index >= 15 is 0 Å². The highest BCUT2D eigenvalue weighted by atomic mass is 32.1. The second kappa shape index (κ2) is 6.41. The summed E-state index contributed by atoms with van der Waals surface area (Å²) < 4.78 is 5.21. The minimum absolute atomic E-state index is 0.0749. The summed E-state index contributed by atoms with van der Waals surface area (Å²) in [7, 11) is 0. The number of carbonyl (C=O) groups is 1. The second-order valence-electron chi connectivity index (χ2n) is 5.27. The number of furan rings is 1. The van der Waals surface area contributed by atoms with E-state index in [0.29, 0.717) is 11.4 Å². The first-order chi connectivity index (χ1) is 10.2. The maximum absolute atomic E-state index is 12.2. The number of nitrogens with one attached hydrogen (secondary N) is 1. The molecule has 5 nitrogen and oxygen atoms in total. The van der Waals surface area contributed by atoms with Gasteiger partial charge < -0.3 is 9.73 Å². The van der Waals surface area contributed by atoms with Gasteiger partial charge in [-0.2, -0.15) is 0 Å². The number of likely N-dealkylation sites (tertiary alicyclic amines) is 1. The summed E-state index contributed by atoms with van der Waals surface area (Å²) in [5.41, 5.74) is 0.811. The van der Waals surface area contributed by atoms with E-state index in [1.54, 1.807) is 6.26 Å². The van der Waals surface area contributed by atoms with Crippen molar-refractivity contribution in [3.8, 4) is 0 Å². The Morgan fingerprint density at radius 3 is 3.00 bits per heavy atom.